The van der Waals surface area contributed by atoms with Gasteiger partial charge >= 0.3 is 0 Å². The zero-order chi connectivity index (χ0) is 20.8. The summed E-state index contributed by atoms with van der Waals surface area (Å²) < 4.78 is 9.06. The van der Waals surface area contributed by atoms with E-state index >= 15 is 0 Å². The normalized spacial score (nSPS) is 16.3. The van der Waals surface area contributed by atoms with E-state index in [0.717, 1.165) is 55.1 Å². The molecule has 3 aromatic rings. The molecule has 0 fully saturated rings. The lowest BCUT2D eigenvalue weighted by Crippen LogP contribution is -2.47. The minimum Gasteiger partial charge on any atom is -0.377 e. The van der Waals surface area contributed by atoms with Gasteiger partial charge in [0.15, 0.2) is 17.6 Å². The first-order chi connectivity index (χ1) is 14.8. The summed E-state index contributed by atoms with van der Waals surface area (Å²) >= 11 is 0. The molecular weight excluding hydrogens is 382 g/mol. The van der Waals surface area contributed by atoms with Crippen LogP contribution in [0.4, 0.5) is 0 Å². The van der Waals surface area contributed by atoms with Gasteiger partial charge in [-0.05, 0) is 25.5 Å². The number of fused-ring (bicyclic) bond motifs is 1. The van der Waals surface area contributed by atoms with E-state index in [0.29, 0.717) is 13.2 Å². The quantitative estimate of drug-likeness (QED) is 0.444. The summed E-state index contributed by atoms with van der Waals surface area (Å²) in [6, 6.07) is 10.2. The minimum absolute atomic E-state index is 0.222. The van der Waals surface area contributed by atoms with Crippen LogP contribution in [-0.4, -0.2) is 55.2 Å². The van der Waals surface area contributed by atoms with Crippen molar-refractivity contribution in [3.63, 3.8) is 0 Å². The van der Waals surface area contributed by atoms with Crippen molar-refractivity contribution in [2.75, 3.05) is 13.7 Å². The predicted octanol–water partition coefficient (Wildman–Crippen LogP) is 1.08. The van der Waals surface area contributed by atoms with Crippen molar-refractivity contribution in [3.8, 4) is 5.69 Å². The Hall–Kier alpha value is -3.27. The maximum atomic E-state index is 5.14. The van der Waals surface area contributed by atoms with Crippen molar-refractivity contribution in [2.45, 2.75) is 45.5 Å². The molecule has 0 saturated carbocycles. The van der Waals surface area contributed by atoms with Gasteiger partial charge in [0, 0.05) is 31.8 Å². The fourth-order valence-corrected chi connectivity index (χ4v) is 3.50. The zero-order valence-corrected chi connectivity index (χ0v) is 17.3. The molecule has 1 unspecified atom stereocenters. The van der Waals surface area contributed by atoms with Gasteiger partial charge in [-0.3, -0.25) is 4.57 Å². The summed E-state index contributed by atoms with van der Waals surface area (Å²) in [6.07, 6.45) is 3.55. The molecule has 1 aliphatic rings. The molecule has 4 rings (SSSR count). The Morgan fingerprint density at radius 3 is 2.97 bits per heavy atom. The maximum absolute atomic E-state index is 5.14. The largest absolute Gasteiger partial charge is 0.377 e. The van der Waals surface area contributed by atoms with Crippen LogP contribution in [0.25, 0.3) is 5.69 Å². The van der Waals surface area contributed by atoms with Gasteiger partial charge in [-0.2, -0.15) is 5.10 Å². The second-order valence-corrected chi connectivity index (χ2v) is 7.09. The summed E-state index contributed by atoms with van der Waals surface area (Å²) in [5.74, 6) is 3.28. The number of aliphatic imine (C=N–C) groups is 1. The van der Waals surface area contributed by atoms with Crippen LogP contribution in [0.5, 0.6) is 0 Å². The molecule has 158 valence electrons. The SMILES string of the molecule is CCNC(=NCc1nncn1-c1ccccc1)NC1CCc2nc(COC)nn2C1. The lowest BCUT2D eigenvalue weighted by Gasteiger charge is -2.25. The average molecular weight is 409 g/mol. The average Bonchev–Trinajstić information content (AvgIpc) is 3.39. The number of methoxy groups -OCH3 is 1. The van der Waals surface area contributed by atoms with E-state index in [9.17, 15) is 0 Å². The van der Waals surface area contributed by atoms with Gasteiger partial charge in [0.25, 0.3) is 0 Å². The van der Waals surface area contributed by atoms with Crippen molar-refractivity contribution in [1.29, 1.82) is 0 Å². The zero-order valence-electron chi connectivity index (χ0n) is 17.3. The highest BCUT2D eigenvalue weighted by Gasteiger charge is 2.22. The van der Waals surface area contributed by atoms with E-state index in [1.807, 2.05) is 39.6 Å². The fourth-order valence-electron chi connectivity index (χ4n) is 3.50. The van der Waals surface area contributed by atoms with Crippen molar-refractivity contribution in [1.82, 2.24) is 40.2 Å². The van der Waals surface area contributed by atoms with E-state index in [-0.39, 0.29) is 6.04 Å². The first-order valence-electron chi connectivity index (χ1n) is 10.2. The van der Waals surface area contributed by atoms with Gasteiger partial charge in [-0.25, -0.2) is 14.7 Å². The van der Waals surface area contributed by atoms with Gasteiger partial charge in [0.1, 0.15) is 25.3 Å². The smallest absolute Gasteiger partial charge is 0.191 e. The van der Waals surface area contributed by atoms with E-state index in [1.165, 1.54) is 0 Å². The molecule has 0 bridgehead atoms. The Labute approximate surface area is 175 Å². The summed E-state index contributed by atoms with van der Waals surface area (Å²) in [4.78, 5) is 9.27. The Kier molecular flexibility index (Phi) is 6.33. The molecule has 0 radical (unpaired) electrons. The lowest BCUT2D eigenvalue weighted by atomic mass is 10.1. The predicted molar refractivity (Wildman–Crippen MR) is 112 cm³/mol. The summed E-state index contributed by atoms with van der Waals surface area (Å²) in [5.41, 5.74) is 1.02. The van der Waals surface area contributed by atoms with Crippen LogP contribution < -0.4 is 10.6 Å². The van der Waals surface area contributed by atoms with Crippen LogP contribution in [0.2, 0.25) is 0 Å². The molecule has 10 nitrogen and oxygen atoms in total. The highest BCUT2D eigenvalue weighted by Crippen LogP contribution is 2.14. The number of hydrogen-bond acceptors (Lipinski definition) is 6. The highest BCUT2D eigenvalue weighted by molar-refractivity contribution is 5.80. The van der Waals surface area contributed by atoms with Crippen molar-refractivity contribution >= 4 is 5.96 Å². The molecule has 0 saturated heterocycles. The highest BCUT2D eigenvalue weighted by atomic mass is 16.5. The first kappa shape index (κ1) is 20.0. The fraction of sp³-hybridized carbons (Fsp3) is 0.450. The van der Waals surface area contributed by atoms with Gasteiger partial charge in [0.05, 0.1) is 6.54 Å². The monoisotopic (exact) mass is 409 g/mol. The Bertz CT molecular complexity index is 979. The number of para-hydroxylation sites is 1. The third-order valence-electron chi connectivity index (χ3n) is 4.89. The van der Waals surface area contributed by atoms with Gasteiger partial charge in [-0.1, -0.05) is 18.2 Å². The first-order valence-corrected chi connectivity index (χ1v) is 10.2. The van der Waals surface area contributed by atoms with Crippen LogP contribution in [0, 0.1) is 0 Å². The van der Waals surface area contributed by atoms with E-state index in [2.05, 4.69) is 37.8 Å². The molecule has 30 heavy (non-hydrogen) atoms. The number of rotatable bonds is 7. The maximum Gasteiger partial charge on any atom is 0.191 e. The lowest BCUT2D eigenvalue weighted by molar-refractivity contribution is 0.177. The van der Waals surface area contributed by atoms with Crippen molar-refractivity contribution in [2.24, 2.45) is 4.99 Å². The third kappa shape index (κ3) is 4.65. The van der Waals surface area contributed by atoms with Crippen LogP contribution in [0.1, 0.15) is 30.8 Å². The standard InChI is InChI=1S/C20H27N9O/c1-3-21-20(22-11-19-26-23-14-28(19)16-7-5-4-6-8-16)24-15-9-10-18-25-17(13-30-2)27-29(18)12-15/h4-8,14-15H,3,9-13H2,1-2H3,(H2,21,22,24). The third-order valence-corrected chi connectivity index (χ3v) is 4.89. The minimum atomic E-state index is 0.222. The van der Waals surface area contributed by atoms with E-state index in [4.69, 9.17) is 9.73 Å². The molecule has 0 amide bonds. The molecule has 0 aliphatic carbocycles. The Morgan fingerprint density at radius 2 is 2.17 bits per heavy atom. The second-order valence-electron chi connectivity index (χ2n) is 7.09. The molecule has 1 atom stereocenters. The molecule has 3 heterocycles. The summed E-state index contributed by atoms with van der Waals surface area (Å²) in [7, 11) is 1.65. The van der Waals surface area contributed by atoms with Crippen LogP contribution in [0.3, 0.4) is 0 Å². The van der Waals surface area contributed by atoms with E-state index in [1.54, 1.807) is 13.4 Å². The van der Waals surface area contributed by atoms with Crippen molar-refractivity contribution in [3.05, 3.63) is 54.1 Å². The molecule has 2 N–H and O–H groups in total. The number of aromatic nitrogens is 6. The molecule has 1 aliphatic heterocycles. The van der Waals surface area contributed by atoms with Crippen LogP contribution in [0.15, 0.2) is 41.7 Å². The van der Waals surface area contributed by atoms with E-state index < -0.39 is 0 Å². The van der Waals surface area contributed by atoms with Gasteiger partial charge in [-0.15, -0.1) is 10.2 Å². The number of guanidine groups is 1. The van der Waals surface area contributed by atoms with Gasteiger partial charge in [0.2, 0.25) is 0 Å². The Balaban J connectivity index is 1.43. The number of ether oxygens (including phenoxy) is 1. The molecule has 1 aromatic carbocycles. The number of nitrogens with zero attached hydrogens (tertiary/aromatic N) is 7. The number of nitrogens with one attached hydrogen (secondary N) is 2. The molecule has 2 aromatic heterocycles. The Morgan fingerprint density at radius 1 is 1.30 bits per heavy atom. The summed E-state index contributed by atoms with van der Waals surface area (Å²) in [5, 5.41) is 19.7. The molecular formula is C20H27N9O. The molecule has 0 spiro atoms. The summed E-state index contributed by atoms with van der Waals surface area (Å²) in [6.45, 7) is 4.43. The van der Waals surface area contributed by atoms with Gasteiger partial charge < -0.3 is 15.4 Å². The van der Waals surface area contributed by atoms with Crippen LogP contribution in [-0.2, 0) is 30.9 Å². The number of hydrogen-bond donors (Lipinski definition) is 2. The van der Waals surface area contributed by atoms with Crippen molar-refractivity contribution < 1.29 is 4.74 Å². The number of aryl methyl sites for hydroxylation is 1. The number of benzene rings is 1. The molecule has 10 heteroatoms. The topological polar surface area (TPSA) is 107 Å². The van der Waals surface area contributed by atoms with Crippen LogP contribution >= 0.6 is 0 Å². The second kappa shape index (κ2) is 9.49.